The Bertz CT molecular complexity index is 590. The second kappa shape index (κ2) is 5.99. The molecule has 5 heteroatoms. The molecule has 0 aromatic heterocycles. The molecule has 0 radical (unpaired) electrons. The molecular formula is C14H12ClF2NO. The summed E-state index contributed by atoms with van der Waals surface area (Å²) in [5.41, 5.74) is 6.35. The van der Waals surface area contributed by atoms with Crippen molar-refractivity contribution >= 4 is 11.6 Å². The van der Waals surface area contributed by atoms with E-state index in [2.05, 4.69) is 0 Å². The molecule has 0 fully saturated rings. The van der Waals surface area contributed by atoms with E-state index in [1.54, 1.807) is 18.2 Å². The second-order valence-corrected chi connectivity index (χ2v) is 4.38. The average molecular weight is 284 g/mol. The summed E-state index contributed by atoms with van der Waals surface area (Å²) in [5.74, 6) is -1.08. The monoisotopic (exact) mass is 283 g/mol. The molecule has 0 saturated heterocycles. The number of halogens is 3. The Kier molecular flexibility index (Phi) is 4.35. The van der Waals surface area contributed by atoms with E-state index in [1.165, 1.54) is 6.07 Å². The number of rotatable bonds is 4. The fraction of sp³-hybridized carbons (Fsp3) is 0.143. The molecule has 0 atom stereocenters. The van der Waals surface area contributed by atoms with Gasteiger partial charge in [0.15, 0.2) is 11.6 Å². The molecule has 0 heterocycles. The van der Waals surface area contributed by atoms with Gasteiger partial charge in [-0.2, -0.15) is 0 Å². The van der Waals surface area contributed by atoms with Gasteiger partial charge in [-0.05, 0) is 42.8 Å². The molecule has 2 nitrogen and oxygen atoms in total. The first kappa shape index (κ1) is 13.8. The minimum absolute atomic E-state index is 0.0518. The molecule has 0 saturated carbocycles. The van der Waals surface area contributed by atoms with Crippen LogP contribution in [0.1, 0.15) is 5.56 Å². The van der Waals surface area contributed by atoms with Crippen molar-refractivity contribution in [2.45, 2.75) is 6.42 Å². The van der Waals surface area contributed by atoms with Gasteiger partial charge in [-0.3, -0.25) is 0 Å². The number of ether oxygens (including phenoxy) is 1. The summed E-state index contributed by atoms with van der Waals surface area (Å²) >= 11 is 6.05. The largest absolute Gasteiger partial charge is 0.454 e. The third kappa shape index (κ3) is 3.43. The van der Waals surface area contributed by atoms with E-state index in [0.717, 1.165) is 17.7 Å². The van der Waals surface area contributed by atoms with Crippen LogP contribution in [0.5, 0.6) is 11.5 Å². The SMILES string of the molecule is NCCc1ccc(Oc2ccc(F)cc2F)cc1Cl. The van der Waals surface area contributed by atoms with Gasteiger partial charge in [0.05, 0.1) is 0 Å². The van der Waals surface area contributed by atoms with Crippen LogP contribution in [0.15, 0.2) is 36.4 Å². The molecule has 19 heavy (non-hydrogen) atoms. The lowest BCUT2D eigenvalue weighted by molar-refractivity contribution is 0.437. The molecule has 0 spiro atoms. The minimum Gasteiger partial charge on any atom is -0.454 e. The molecule has 2 N–H and O–H groups in total. The third-order valence-corrected chi connectivity index (χ3v) is 2.91. The van der Waals surface area contributed by atoms with Crippen LogP contribution in [0.25, 0.3) is 0 Å². The molecule has 0 aliphatic rings. The lowest BCUT2D eigenvalue weighted by atomic mass is 10.1. The Hall–Kier alpha value is -1.65. The highest BCUT2D eigenvalue weighted by Crippen LogP contribution is 2.28. The molecule has 2 aromatic carbocycles. The fourth-order valence-electron chi connectivity index (χ4n) is 1.63. The summed E-state index contributed by atoms with van der Waals surface area (Å²) < 4.78 is 31.5. The quantitative estimate of drug-likeness (QED) is 0.923. The van der Waals surface area contributed by atoms with Crippen molar-refractivity contribution in [3.05, 3.63) is 58.6 Å². The predicted molar refractivity (Wildman–Crippen MR) is 70.6 cm³/mol. The predicted octanol–water partition coefficient (Wildman–Crippen LogP) is 3.91. The molecule has 0 aliphatic carbocycles. The zero-order chi connectivity index (χ0) is 13.8. The van der Waals surface area contributed by atoms with Crippen LogP contribution in [-0.2, 0) is 6.42 Å². The Balaban J connectivity index is 2.21. The normalized spacial score (nSPS) is 10.5. The summed E-state index contributed by atoms with van der Waals surface area (Å²) in [5, 5.41) is 0.505. The van der Waals surface area contributed by atoms with Crippen molar-refractivity contribution < 1.29 is 13.5 Å². The standard InChI is InChI=1S/C14H12ClF2NO/c15-12-8-11(3-1-9(12)5-6-18)19-14-4-2-10(16)7-13(14)17/h1-4,7-8H,5-6,18H2. The van der Waals surface area contributed by atoms with E-state index >= 15 is 0 Å². The van der Waals surface area contributed by atoms with E-state index in [-0.39, 0.29) is 5.75 Å². The maximum absolute atomic E-state index is 13.4. The average Bonchev–Trinajstić information content (AvgIpc) is 2.36. The Morgan fingerprint density at radius 1 is 1.11 bits per heavy atom. The van der Waals surface area contributed by atoms with E-state index in [0.29, 0.717) is 23.7 Å². The van der Waals surface area contributed by atoms with Crippen molar-refractivity contribution in [1.82, 2.24) is 0 Å². The first-order chi connectivity index (χ1) is 9.10. The van der Waals surface area contributed by atoms with Gasteiger partial charge >= 0.3 is 0 Å². The van der Waals surface area contributed by atoms with Gasteiger partial charge < -0.3 is 10.5 Å². The lowest BCUT2D eigenvalue weighted by Gasteiger charge is -2.09. The topological polar surface area (TPSA) is 35.2 Å². The van der Waals surface area contributed by atoms with Crippen LogP contribution in [0, 0.1) is 11.6 Å². The Morgan fingerprint density at radius 3 is 2.53 bits per heavy atom. The van der Waals surface area contributed by atoms with Crippen molar-refractivity contribution in [2.24, 2.45) is 5.73 Å². The van der Waals surface area contributed by atoms with Crippen LogP contribution in [0.2, 0.25) is 5.02 Å². The summed E-state index contributed by atoms with van der Waals surface area (Å²) in [7, 11) is 0. The van der Waals surface area contributed by atoms with Crippen LogP contribution in [0.3, 0.4) is 0 Å². The highest BCUT2D eigenvalue weighted by atomic mass is 35.5. The van der Waals surface area contributed by atoms with Crippen LogP contribution >= 0.6 is 11.6 Å². The van der Waals surface area contributed by atoms with Crippen LogP contribution < -0.4 is 10.5 Å². The molecule has 0 bridgehead atoms. The minimum atomic E-state index is -0.762. The van der Waals surface area contributed by atoms with E-state index in [1.807, 2.05) is 0 Å². The van der Waals surface area contributed by atoms with Crippen molar-refractivity contribution in [3.63, 3.8) is 0 Å². The summed E-state index contributed by atoms with van der Waals surface area (Å²) in [6, 6.07) is 8.13. The van der Waals surface area contributed by atoms with E-state index in [4.69, 9.17) is 22.1 Å². The summed E-state index contributed by atoms with van der Waals surface area (Å²) in [6.45, 7) is 0.493. The molecule has 0 unspecified atom stereocenters. The van der Waals surface area contributed by atoms with Crippen LogP contribution in [0.4, 0.5) is 8.78 Å². The van der Waals surface area contributed by atoms with E-state index < -0.39 is 11.6 Å². The molecule has 2 rings (SSSR count). The van der Waals surface area contributed by atoms with Gasteiger partial charge in [-0.25, -0.2) is 8.78 Å². The van der Waals surface area contributed by atoms with Crippen molar-refractivity contribution in [3.8, 4) is 11.5 Å². The fourth-order valence-corrected chi connectivity index (χ4v) is 1.90. The Morgan fingerprint density at radius 2 is 1.89 bits per heavy atom. The maximum atomic E-state index is 13.4. The Labute approximate surface area is 114 Å². The van der Waals surface area contributed by atoms with Crippen molar-refractivity contribution in [2.75, 3.05) is 6.54 Å². The summed E-state index contributed by atoms with van der Waals surface area (Å²) in [4.78, 5) is 0. The van der Waals surface area contributed by atoms with Gasteiger partial charge in [0, 0.05) is 11.1 Å². The first-order valence-electron chi connectivity index (χ1n) is 5.71. The molecule has 100 valence electrons. The van der Waals surface area contributed by atoms with Gasteiger partial charge in [-0.15, -0.1) is 0 Å². The maximum Gasteiger partial charge on any atom is 0.168 e. The molecule has 0 amide bonds. The highest BCUT2D eigenvalue weighted by molar-refractivity contribution is 6.31. The van der Waals surface area contributed by atoms with Gasteiger partial charge in [-0.1, -0.05) is 17.7 Å². The number of benzene rings is 2. The zero-order valence-electron chi connectivity index (χ0n) is 10.00. The van der Waals surface area contributed by atoms with E-state index in [9.17, 15) is 8.78 Å². The smallest absolute Gasteiger partial charge is 0.168 e. The number of nitrogens with two attached hydrogens (primary N) is 1. The highest BCUT2D eigenvalue weighted by Gasteiger charge is 2.08. The van der Waals surface area contributed by atoms with Crippen molar-refractivity contribution in [1.29, 1.82) is 0 Å². The van der Waals surface area contributed by atoms with Gasteiger partial charge in [0.25, 0.3) is 0 Å². The first-order valence-corrected chi connectivity index (χ1v) is 6.09. The van der Waals surface area contributed by atoms with Crippen LogP contribution in [-0.4, -0.2) is 6.54 Å². The molecule has 0 aliphatic heterocycles. The molecule has 2 aromatic rings. The number of hydrogen-bond donors (Lipinski definition) is 1. The van der Waals surface area contributed by atoms with Gasteiger partial charge in [0.1, 0.15) is 11.6 Å². The second-order valence-electron chi connectivity index (χ2n) is 3.97. The third-order valence-electron chi connectivity index (χ3n) is 2.56. The van der Waals surface area contributed by atoms with Gasteiger partial charge in [0.2, 0.25) is 0 Å². The lowest BCUT2D eigenvalue weighted by Crippen LogP contribution is -2.03. The summed E-state index contributed by atoms with van der Waals surface area (Å²) in [6.07, 6.45) is 0.657. The zero-order valence-corrected chi connectivity index (χ0v) is 10.8. The molecular weight excluding hydrogens is 272 g/mol. The number of hydrogen-bond acceptors (Lipinski definition) is 2.